The molecule has 0 saturated carbocycles. The molecule has 1 fully saturated rings. The monoisotopic (exact) mass is 136 g/mol. The summed E-state index contributed by atoms with van der Waals surface area (Å²) in [5, 5.41) is 3.40. The lowest BCUT2D eigenvalue weighted by molar-refractivity contribution is 0.663. The van der Waals surface area contributed by atoms with Crippen LogP contribution in [0, 0.1) is 0 Å². The van der Waals surface area contributed by atoms with Gasteiger partial charge < -0.3 is 14.6 Å². The molecule has 1 rings (SSSR count). The molecule has 53 valence electrons. The summed E-state index contributed by atoms with van der Waals surface area (Å²) >= 11 is 0. The van der Waals surface area contributed by atoms with E-state index in [0.717, 1.165) is 0 Å². The number of nitrogens with one attached hydrogen (secondary N) is 1. The van der Waals surface area contributed by atoms with Gasteiger partial charge in [0.2, 0.25) is 0 Å². The molecule has 0 aromatic carbocycles. The Labute approximate surface area is 64.7 Å². The second-order valence-corrected chi connectivity index (χ2v) is 2.97. The van der Waals surface area contributed by atoms with Gasteiger partial charge >= 0.3 is 0 Å². The summed E-state index contributed by atoms with van der Waals surface area (Å²) in [5.74, 6) is 0. The van der Waals surface area contributed by atoms with Gasteiger partial charge in [0.25, 0.3) is 21.5 Å². The van der Waals surface area contributed by atoms with Crippen LogP contribution in [0.25, 0.3) is 0 Å². The Morgan fingerprint density at radius 2 is 1.50 bits per heavy atom. The fraction of sp³-hybridized carbons (Fsp3) is 1.00. The topological polar surface area (TPSA) is 18.5 Å². The first-order valence-electron chi connectivity index (χ1n) is 3.66. The average Bonchev–Trinajstić information content (AvgIpc) is 1.84. The molecule has 1 radical (unpaired) electrons. The standard InChI is InChI=1S/C4H13B3N3/c1-6-8-7(2)10(4)5-9(6)3/h8H,1-4H3. The fourth-order valence-electron chi connectivity index (χ4n) is 1.07. The van der Waals surface area contributed by atoms with Crippen molar-refractivity contribution in [3.05, 3.63) is 0 Å². The smallest absolute Gasteiger partial charge is 0.290 e. The van der Waals surface area contributed by atoms with Crippen LogP contribution in [0.15, 0.2) is 0 Å². The molecule has 0 amide bonds. The molecule has 0 spiro atoms. The first kappa shape index (κ1) is 8.17. The van der Waals surface area contributed by atoms with Crippen LogP contribution in [0.3, 0.4) is 0 Å². The number of hydrogen-bond donors (Lipinski definition) is 1. The van der Waals surface area contributed by atoms with Gasteiger partial charge in [-0.05, 0) is 14.1 Å². The van der Waals surface area contributed by atoms with Gasteiger partial charge in [0.1, 0.15) is 0 Å². The summed E-state index contributed by atoms with van der Waals surface area (Å²) in [6.07, 6.45) is 0. The molecule has 1 heterocycles. The molecule has 1 aliphatic heterocycles. The normalized spacial score (nSPS) is 23.2. The minimum absolute atomic E-state index is 0.450. The third-order valence-electron chi connectivity index (χ3n) is 2.07. The predicted octanol–water partition coefficient (Wildman–Crippen LogP) is -0.777. The molecular weight excluding hydrogens is 123 g/mol. The van der Waals surface area contributed by atoms with Crippen LogP contribution in [0.4, 0.5) is 0 Å². The van der Waals surface area contributed by atoms with Crippen molar-refractivity contribution in [1.29, 1.82) is 0 Å². The predicted molar refractivity (Wildman–Crippen MR) is 47.7 cm³/mol. The van der Waals surface area contributed by atoms with E-state index in [0.29, 0.717) is 14.0 Å². The van der Waals surface area contributed by atoms with Gasteiger partial charge in [0.05, 0.1) is 0 Å². The van der Waals surface area contributed by atoms with Gasteiger partial charge in [-0.1, -0.05) is 13.6 Å². The molecule has 0 bridgehead atoms. The Morgan fingerprint density at radius 1 is 1.10 bits per heavy atom. The van der Waals surface area contributed by atoms with Gasteiger partial charge in [-0.3, -0.25) is 0 Å². The van der Waals surface area contributed by atoms with E-state index in [2.05, 4.69) is 49.9 Å². The van der Waals surface area contributed by atoms with E-state index in [1.807, 2.05) is 0 Å². The van der Waals surface area contributed by atoms with E-state index in [1.54, 1.807) is 0 Å². The summed E-state index contributed by atoms with van der Waals surface area (Å²) in [4.78, 5) is 0. The van der Waals surface area contributed by atoms with E-state index < -0.39 is 0 Å². The molecule has 0 aliphatic carbocycles. The number of nitrogens with zero attached hydrogens (tertiary/aromatic N) is 2. The van der Waals surface area contributed by atoms with Crippen LogP contribution >= 0.6 is 0 Å². The van der Waals surface area contributed by atoms with Crippen LogP contribution < -0.4 is 5.14 Å². The van der Waals surface area contributed by atoms with Crippen molar-refractivity contribution in [2.24, 2.45) is 0 Å². The highest BCUT2D eigenvalue weighted by atomic mass is 15.2. The Bertz CT molecular complexity index is 96.3. The minimum atomic E-state index is 0.450. The molecule has 0 aromatic rings. The largest absolute Gasteiger partial charge is 0.371 e. The van der Waals surface area contributed by atoms with Crippen LogP contribution in [0.5, 0.6) is 0 Å². The van der Waals surface area contributed by atoms with Gasteiger partial charge in [-0.2, -0.15) is 0 Å². The molecule has 1 N–H and O–H groups in total. The van der Waals surface area contributed by atoms with Crippen LogP contribution in [-0.4, -0.2) is 45.1 Å². The SMILES string of the molecule is CB1NB(C)N(C)[B]N1C. The van der Waals surface area contributed by atoms with Crippen molar-refractivity contribution in [3.63, 3.8) is 0 Å². The lowest BCUT2D eigenvalue weighted by atomic mass is 9.55. The van der Waals surface area contributed by atoms with E-state index in [1.165, 1.54) is 0 Å². The van der Waals surface area contributed by atoms with Crippen molar-refractivity contribution in [2.45, 2.75) is 13.6 Å². The van der Waals surface area contributed by atoms with Crippen LogP contribution in [-0.2, 0) is 0 Å². The molecule has 3 nitrogen and oxygen atoms in total. The lowest BCUT2D eigenvalue weighted by Gasteiger charge is -2.37. The van der Waals surface area contributed by atoms with Crippen molar-refractivity contribution < 1.29 is 0 Å². The van der Waals surface area contributed by atoms with Gasteiger partial charge in [0, 0.05) is 0 Å². The maximum absolute atomic E-state index is 3.40. The average molecular weight is 136 g/mol. The second kappa shape index (κ2) is 2.99. The van der Waals surface area contributed by atoms with Crippen LogP contribution in [0.2, 0.25) is 13.6 Å². The summed E-state index contributed by atoms with van der Waals surface area (Å²) in [5.41, 5.74) is 0. The van der Waals surface area contributed by atoms with E-state index in [9.17, 15) is 0 Å². The third kappa shape index (κ3) is 1.56. The Balaban J connectivity index is 2.46. The van der Waals surface area contributed by atoms with E-state index in [-0.39, 0.29) is 0 Å². The quantitative estimate of drug-likeness (QED) is 0.440. The molecule has 1 aliphatic rings. The molecule has 6 heteroatoms. The number of rotatable bonds is 0. The van der Waals surface area contributed by atoms with E-state index >= 15 is 0 Å². The molecule has 0 atom stereocenters. The minimum Gasteiger partial charge on any atom is -0.371 e. The molecule has 0 unspecified atom stereocenters. The van der Waals surface area contributed by atoms with Crippen molar-refractivity contribution >= 4 is 21.5 Å². The van der Waals surface area contributed by atoms with Crippen LogP contribution in [0.1, 0.15) is 0 Å². The zero-order chi connectivity index (χ0) is 7.72. The fourth-order valence-corrected chi connectivity index (χ4v) is 1.07. The Hall–Kier alpha value is 0.0748. The number of hydrogen-bond acceptors (Lipinski definition) is 3. The summed E-state index contributed by atoms with van der Waals surface area (Å²) in [6.45, 7) is 5.21. The molecular formula is C4H13B3N3. The van der Waals surface area contributed by atoms with Crippen molar-refractivity contribution in [2.75, 3.05) is 14.1 Å². The first-order valence-corrected chi connectivity index (χ1v) is 3.66. The maximum Gasteiger partial charge on any atom is 0.290 e. The summed E-state index contributed by atoms with van der Waals surface area (Å²) in [7, 11) is 6.26. The molecule has 0 aromatic heterocycles. The zero-order valence-electron chi connectivity index (χ0n) is 7.13. The van der Waals surface area contributed by atoms with Gasteiger partial charge in [-0.25, -0.2) is 0 Å². The third-order valence-corrected chi connectivity index (χ3v) is 2.07. The zero-order valence-corrected chi connectivity index (χ0v) is 7.13. The van der Waals surface area contributed by atoms with Crippen molar-refractivity contribution in [1.82, 2.24) is 14.6 Å². The second-order valence-electron chi connectivity index (χ2n) is 2.97. The van der Waals surface area contributed by atoms with Crippen molar-refractivity contribution in [3.8, 4) is 0 Å². The van der Waals surface area contributed by atoms with E-state index in [4.69, 9.17) is 0 Å². The highest BCUT2D eigenvalue weighted by Crippen LogP contribution is 1.97. The molecule has 10 heavy (non-hydrogen) atoms. The van der Waals surface area contributed by atoms with Gasteiger partial charge in [0.15, 0.2) is 0 Å². The lowest BCUT2D eigenvalue weighted by Crippen LogP contribution is -2.67. The first-order chi connectivity index (χ1) is 4.61. The summed E-state index contributed by atoms with van der Waals surface area (Å²) < 4.78 is 4.31. The molecule has 1 saturated heterocycles. The Kier molecular flexibility index (Phi) is 2.44. The maximum atomic E-state index is 3.40. The van der Waals surface area contributed by atoms with Gasteiger partial charge in [-0.15, -0.1) is 0 Å². The Morgan fingerprint density at radius 3 is 1.80 bits per heavy atom. The highest BCUT2D eigenvalue weighted by Gasteiger charge is 2.29. The summed E-state index contributed by atoms with van der Waals surface area (Å²) in [6, 6.07) is 0. The highest BCUT2D eigenvalue weighted by molar-refractivity contribution is 6.80.